The summed E-state index contributed by atoms with van der Waals surface area (Å²) in [6.45, 7) is 0. The van der Waals surface area contributed by atoms with Gasteiger partial charge in [-0.05, 0) is 0 Å². The standard InChI is InChI=1S/C12H14F2O6/c1-18-6-4-7(19-2)9(8(5-6)20-3)10(15)12(13,14)11(16)17/h4-5,10,15H,1-3H3,(H,16,17). The van der Waals surface area contributed by atoms with Crippen molar-refractivity contribution in [2.45, 2.75) is 12.0 Å². The molecule has 1 aromatic carbocycles. The molecule has 1 unspecified atom stereocenters. The second-order valence-corrected chi connectivity index (χ2v) is 3.78. The average Bonchev–Trinajstić information content (AvgIpc) is 2.44. The van der Waals surface area contributed by atoms with Gasteiger partial charge >= 0.3 is 11.9 Å². The normalized spacial score (nSPS) is 12.7. The van der Waals surface area contributed by atoms with E-state index in [9.17, 15) is 18.7 Å². The Labute approximate surface area is 113 Å². The van der Waals surface area contributed by atoms with Gasteiger partial charge in [-0.15, -0.1) is 0 Å². The van der Waals surface area contributed by atoms with Crippen LogP contribution in [0.4, 0.5) is 8.78 Å². The van der Waals surface area contributed by atoms with Gasteiger partial charge in [0.25, 0.3) is 0 Å². The van der Waals surface area contributed by atoms with Gasteiger partial charge in [-0.2, -0.15) is 8.78 Å². The van der Waals surface area contributed by atoms with E-state index in [0.717, 1.165) is 0 Å². The number of carboxylic acids is 1. The summed E-state index contributed by atoms with van der Waals surface area (Å²) in [6, 6.07) is 2.47. The SMILES string of the molecule is COc1cc(OC)c(C(O)C(F)(F)C(=O)O)c(OC)c1. The lowest BCUT2D eigenvalue weighted by Crippen LogP contribution is -2.35. The highest BCUT2D eigenvalue weighted by Gasteiger charge is 2.50. The lowest BCUT2D eigenvalue weighted by atomic mass is 10.0. The van der Waals surface area contributed by atoms with Gasteiger partial charge in [-0.3, -0.25) is 0 Å². The van der Waals surface area contributed by atoms with E-state index < -0.39 is 23.6 Å². The van der Waals surface area contributed by atoms with Crippen molar-refractivity contribution in [1.29, 1.82) is 0 Å². The Morgan fingerprint density at radius 3 is 1.90 bits per heavy atom. The van der Waals surface area contributed by atoms with E-state index in [1.807, 2.05) is 0 Å². The number of hydrogen-bond acceptors (Lipinski definition) is 5. The van der Waals surface area contributed by atoms with Crippen LogP contribution in [0.15, 0.2) is 12.1 Å². The Kier molecular flexibility index (Phi) is 4.72. The lowest BCUT2D eigenvalue weighted by Gasteiger charge is -2.23. The number of aliphatic hydroxyl groups excluding tert-OH is 1. The summed E-state index contributed by atoms with van der Waals surface area (Å²) in [4.78, 5) is 10.5. The molecule has 0 radical (unpaired) electrons. The molecule has 0 saturated carbocycles. The van der Waals surface area contributed by atoms with E-state index in [1.165, 1.54) is 33.5 Å². The van der Waals surface area contributed by atoms with Crippen LogP contribution in [0.25, 0.3) is 0 Å². The van der Waals surface area contributed by atoms with Crippen LogP contribution in [-0.2, 0) is 4.79 Å². The number of aliphatic hydroxyl groups is 1. The number of halogens is 2. The molecule has 2 N–H and O–H groups in total. The number of carboxylic acid groups (broad SMARTS) is 1. The number of alkyl halides is 2. The van der Waals surface area contributed by atoms with Crippen LogP contribution in [0.5, 0.6) is 17.2 Å². The van der Waals surface area contributed by atoms with E-state index in [2.05, 4.69) is 0 Å². The fourth-order valence-electron chi connectivity index (χ4n) is 1.60. The molecular formula is C12H14F2O6. The summed E-state index contributed by atoms with van der Waals surface area (Å²) in [7, 11) is 3.71. The van der Waals surface area contributed by atoms with Crippen LogP contribution < -0.4 is 14.2 Å². The predicted octanol–water partition coefficient (Wildman–Crippen LogP) is 1.47. The van der Waals surface area contributed by atoms with Crippen molar-refractivity contribution in [3.8, 4) is 17.2 Å². The molecular weight excluding hydrogens is 278 g/mol. The van der Waals surface area contributed by atoms with Crippen molar-refractivity contribution >= 4 is 5.97 Å². The zero-order valence-corrected chi connectivity index (χ0v) is 11.0. The summed E-state index contributed by atoms with van der Waals surface area (Å²) in [5.74, 6) is -6.95. The van der Waals surface area contributed by atoms with Crippen molar-refractivity contribution in [3.63, 3.8) is 0 Å². The van der Waals surface area contributed by atoms with Crippen LogP contribution in [0, 0.1) is 0 Å². The van der Waals surface area contributed by atoms with Crippen LogP contribution in [0.2, 0.25) is 0 Å². The van der Waals surface area contributed by atoms with Crippen LogP contribution in [0.1, 0.15) is 11.7 Å². The molecule has 0 aliphatic carbocycles. The number of ether oxygens (including phenoxy) is 3. The van der Waals surface area contributed by atoms with Gasteiger partial charge in [0, 0.05) is 12.1 Å². The summed E-state index contributed by atoms with van der Waals surface area (Å²) in [6.07, 6.45) is -2.63. The minimum Gasteiger partial charge on any atom is -0.496 e. The van der Waals surface area contributed by atoms with Gasteiger partial charge in [0.15, 0.2) is 6.10 Å². The molecule has 8 heteroatoms. The molecule has 0 bridgehead atoms. The van der Waals surface area contributed by atoms with Crippen molar-refractivity contribution in [2.24, 2.45) is 0 Å². The second-order valence-electron chi connectivity index (χ2n) is 3.78. The smallest absolute Gasteiger partial charge is 0.377 e. The Balaban J connectivity index is 3.46. The Bertz CT molecular complexity index is 478. The average molecular weight is 292 g/mol. The van der Waals surface area contributed by atoms with Gasteiger partial charge in [0.1, 0.15) is 17.2 Å². The fraction of sp³-hybridized carbons (Fsp3) is 0.417. The van der Waals surface area contributed by atoms with Crippen LogP contribution in [-0.4, -0.2) is 43.4 Å². The topological polar surface area (TPSA) is 85.2 Å². The van der Waals surface area contributed by atoms with E-state index in [0.29, 0.717) is 0 Å². The maximum absolute atomic E-state index is 13.4. The van der Waals surface area contributed by atoms with Gasteiger partial charge < -0.3 is 24.4 Å². The summed E-state index contributed by atoms with van der Waals surface area (Å²) in [5, 5.41) is 18.2. The summed E-state index contributed by atoms with van der Waals surface area (Å²) >= 11 is 0. The molecule has 0 aromatic heterocycles. The number of carbonyl (C=O) groups is 1. The molecule has 1 rings (SSSR count). The number of rotatable bonds is 6. The molecule has 1 aromatic rings. The number of benzene rings is 1. The number of methoxy groups -OCH3 is 3. The fourth-order valence-corrected chi connectivity index (χ4v) is 1.60. The summed E-state index contributed by atoms with van der Waals surface area (Å²) < 4.78 is 41.6. The van der Waals surface area contributed by atoms with Crippen molar-refractivity contribution in [3.05, 3.63) is 17.7 Å². The Morgan fingerprint density at radius 2 is 1.60 bits per heavy atom. The summed E-state index contributed by atoms with van der Waals surface area (Å²) in [5.41, 5.74) is -0.469. The first-order valence-electron chi connectivity index (χ1n) is 5.38. The minimum atomic E-state index is -4.39. The minimum absolute atomic E-state index is 0.172. The molecule has 112 valence electrons. The van der Waals surface area contributed by atoms with Crippen LogP contribution in [0.3, 0.4) is 0 Å². The van der Waals surface area contributed by atoms with E-state index >= 15 is 0 Å². The van der Waals surface area contributed by atoms with Crippen molar-refractivity contribution in [2.75, 3.05) is 21.3 Å². The predicted molar refractivity (Wildman–Crippen MR) is 63.6 cm³/mol. The highest BCUT2D eigenvalue weighted by atomic mass is 19.3. The van der Waals surface area contributed by atoms with E-state index in [4.69, 9.17) is 19.3 Å². The molecule has 0 aliphatic heterocycles. The third-order valence-electron chi connectivity index (χ3n) is 2.66. The molecule has 1 atom stereocenters. The van der Waals surface area contributed by atoms with E-state index in [1.54, 1.807) is 0 Å². The molecule has 0 spiro atoms. The van der Waals surface area contributed by atoms with Crippen molar-refractivity contribution in [1.82, 2.24) is 0 Å². The quantitative estimate of drug-likeness (QED) is 0.825. The molecule has 6 nitrogen and oxygen atoms in total. The monoisotopic (exact) mass is 292 g/mol. The lowest BCUT2D eigenvalue weighted by molar-refractivity contribution is -0.183. The van der Waals surface area contributed by atoms with Crippen molar-refractivity contribution < 1.29 is 38.0 Å². The molecule has 0 heterocycles. The largest absolute Gasteiger partial charge is 0.496 e. The van der Waals surface area contributed by atoms with E-state index in [-0.39, 0.29) is 17.2 Å². The number of aliphatic carboxylic acids is 1. The van der Waals surface area contributed by atoms with Gasteiger partial charge in [0.2, 0.25) is 0 Å². The van der Waals surface area contributed by atoms with Gasteiger partial charge in [0.05, 0.1) is 26.9 Å². The molecule has 0 aliphatic rings. The molecule has 0 fully saturated rings. The molecule has 0 saturated heterocycles. The van der Waals surface area contributed by atoms with Crippen LogP contribution >= 0.6 is 0 Å². The first-order chi connectivity index (χ1) is 9.29. The first kappa shape index (κ1) is 16.0. The maximum atomic E-state index is 13.4. The molecule has 0 amide bonds. The highest BCUT2D eigenvalue weighted by Crippen LogP contribution is 2.43. The highest BCUT2D eigenvalue weighted by molar-refractivity contribution is 5.77. The van der Waals surface area contributed by atoms with Gasteiger partial charge in [-0.25, -0.2) is 4.79 Å². The third-order valence-corrected chi connectivity index (χ3v) is 2.66. The maximum Gasteiger partial charge on any atom is 0.377 e. The molecule has 20 heavy (non-hydrogen) atoms. The first-order valence-corrected chi connectivity index (χ1v) is 5.38. The Hall–Kier alpha value is -2.09. The zero-order valence-electron chi connectivity index (χ0n) is 11.0. The Morgan fingerprint density at radius 1 is 1.15 bits per heavy atom. The van der Waals surface area contributed by atoms with Gasteiger partial charge in [-0.1, -0.05) is 0 Å². The zero-order chi connectivity index (χ0) is 15.5. The third kappa shape index (κ3) is 2.74. The number of hydrogen-bond donors (Lipinski definition) is 2. The second kappa shape index (κ2) is 5.91.